The van der Waals surface area contributed by atoms with Gasteiger partial charge >= 0.3 is 0 Å². The van der Waals surface area contributed by atoms with E-state index in [1.807, 2.05) is 6.07 Å². The van der Waals surface area contributed by atoms with E-state index in [1.165, 1.54) is 32.1 Å². The normalized spacial score (nSPS) is 18.2. The van der Waals surface area contributed by atoms with Crippen LogP contribution in [0, 0.1) is 5.92 Å². The molecule has 1 aliphatic rings. The summed E-state index contributed by atoms with van der Waals surface area (Å²) in [5.74, 6) is 1.48. The average Bonchev–Trinajstić information content (AvgIpc) is 2.47. The number of rotatable bonds is 6. The van der Waals surface area contributed by atoms with Crippen molar-refractivity contribution in [1.82, 2.24) is 4.98 Å². The molecular weight excluding hydrogens is 238 g/mol. The van der Waals surface area contributed by atoms with Gasteiger partial charge in [-0.2, -0.15) is 0 Å². The van der Waals surface area contributed by atoms with Crippen molar-refractivity contribution in [3.63, 3.8) is 0 Å². The number of aromatic nitrogens is 1. The fourth-order valence-corrected chi connectivity index (χ4v) is 2.70. The van der Waals surface area contributed by atoms with Gasteiger partial charge in [0.2, 0.25) is 0 Å². The largest absolute Gasteiger partial charge is 0.492 e. The Bertz CT molecular complexity index is 375. The Labute approximate surface area is 116 Å². The first-order valence-electron chi connectivity index (χ1n) is 7.55. The van der Waals surface area contributed by atoms with E-state index in [9.17, 15) is 5.11 Å². The van der Waals surface area contributed by atoms with E-state index in [1.54, 1.807) is 12.4 Å². The quantitative estimate of drug-likeness (QED) is 0.847. The minimum absolute atomic E-state index is 0.421. The van der Waals surface area contributed by atoms with Crippen LogP contribution >= 0.6 is 0 Å². The van der Waals surface area contributed by atoms with Crippen LogP contribution in [0.15, 0.2) is 18.5 Å². The summed E-state index contributed by atoms with van der Waals surface area (Å²) in [5, 5.41) is 9.97. The predicted molar refractivity (Wildman–Crippen MR) is 76.2 cm³/mol. The van der Waals surface area contributed by atoms with E-state index < -0.39 is 6.10 Å². The van der Waals surface area contributed by atoms with Crippen LogP contribution in [0.25, 0.3) is 0 Å². The van der Waals surface area contributed by atoms with Gasteiger partial charge in [-0.05, 0) is 31.2 Å². The highest BCUT2D eigenvalue weighted by Crippen LogP contribution is 2.25. The van der Waals surface area contributed by atoms with Gasteiger partial charge in [0.25, 0.3) is 0 Å². The van der Waals surface area contributed by atoms with Crippen LogP contribution in [0.1, 0.15) is 63.5 Å². The van der Waals surface area contributed by atoms with E-state index in [0.717, 1.165) is 30.8 Å². The van der Waals surface area contributed by atoms with Crippen molar-refractivity contribution in [2.45, 2.75) is 58.0 Å². The molecule has 0 spiro atoms. The van der Waals surface area contributed by atoms with E-state index in [-0.39, 0.29) is 0 Å². The minimum Gasteiger partial charge on any atom is -0.492 e. The lowest BCUT2D eigenvalue weighted by Crippen LogP contribution is -2.15. The van der Waals surface area contributed by atoms with Gasteiger partial charge in [0.1, 0.15) is 5.75 Å². The molecule has 1 aliphatic carbocycles. The molecule has 19 heavy (non-hydrogen) atoms. The number of ether oxygens (including phenoxy) is 1. The summed E-state index contributed by atoms with van der Waals surface area (Å²) in [5.41, 5.74) is 0.864. The standard InChI is InChI=1S/C16H25NO2/c1-2-6-16(18)14-9-15(11-17-10-14)19-12-13-7-4-3-5-8-13/h9-11,13,16,18H,2-8,12H2,1H3. The van der Waals surface area contributed by atoms with Gasteiger partial charge in [0.15, 0.2) is 0 Å². The van der Waals surface area contributed by atoms with E-state index in [4.69, 9.17) is 4.74 Å². The Kier molecular flexibility index (Phi) is 5.64. The first kappa shape index (κ1) is 14.3. The fraction of sp³-hybridized carbons (Fsp3) is 0.688. The van der Waals surface area contributed by atoms with Crippen LogP contribution in [0.4, 0.5) is 0 Å². The molecule has 1 N–H and O–H groups in total. The van der Waals surface area contributed by atoms with Crippen molar-refractivity contribution in [3.05, 3.63) is 24.0 Å². The zero-order valence-electron chi connectivity index (χ0n) is 11.8. The molecule has 0 bridgehead atoms. The number of pyridine rings is 1. The summed E-state index contributed by atoms with van der Waals surface area (Å²) >= 11 is 0. The van der Waals surface area contributed by atoms with Crippen LogP contribution in [0.3, 0.4) is 0 Å². The lowest BCUT2D eigenvalue weighted by atomic mass is 9.90. The third kappa shape index (κ3) is 4.50. The van der Waals surface area contributed by atoms with Crippen LogP contribution < -0.4 is 4.74 Å². The topological polar surface area (TPSA) is 42.4 Å². The van der Waals surface area contributed by atoms with Gasteiger partial charge in [0.05, 0.1) is 18.9 Å². The highest BCUT2D eigenvalue weighted by atomic mass is 16.5. The predicted octanol–water partition coefficient (Wildman–Crippen LogP) is 3.87. The number of hydrogen-bond acceptors (Lipinski definition) is 3. The Morgan fingerprint density at radius 2 is 2.11 bits per heavy atom. The molecule has 1 aromatic heterocycles. The summed E-state index contributed by atoms with van der Waals surface area (Å²) in [7, 11) is 0. The lowest BCUT2D eigenvalue weighted by molar-refractivity contribution is 0.164. The highest BCUT2D eigenvalue weighted by Gasteiger charge is 2.14. The summed E-state index contributed by atoms with van der Waals surface area (Å²) in [6, 6.07) is 1.93. The molecule has 0 saturated heterocycles. The Morgan fingerprint density at radius 1 is 1.32 bits per heavy atom. The van der Waals surface area contributed by atoms with Crippen molar-refractivity contribution >= 4 is 0 Å². The Balaban J connectivity index is 1.87. The summed E-state index contributed by atoms with van der Waals surface area (Å²) in [6.45, 7) is 2.86. The summed E-state index contributed by atoms with van der Waals surface area (Å²) < 4.78 is 5.84. The molecule has 3 heteroatoms. The second-order valence-electron chi connectivity index (χ2n) is 5.57. The van der Waals surface area contributed by atoms with E-state index >= 15 is 0 Å². The molecule has 0 amide bonds. The average molecular weight is 263 g/mol. The molecule has 1 saturated carbocycles. The van der Waals surface area contributed by atoms with Crippen LogP contribution in [0.5, 0.6) is 5.75 Å². The van der Waals surface area contributed by atoms with Crippen LogP contribution in [-0.4, -0.2) is 16.7 Å². The van der Waals surface area contributed by atoms with Crippen molar-refractivity contribution in [2.24, 2.45) is 5.92 Å². The van der Waals surface area contributed by atoms with Crippen molar-refractivity contribution in [1.29, 1.82) is 0 Å². The van der Waals surface area contributed by atoms with Gasteiger partial charge in [-0.15, -0.1) is 0 Å². The van der Waals surface area contributed by atoms with Gasteiger partial charge < -0.3 is 9.84 Å². The zero-order chi connectivity index (χ0) is 13.5. The molecule has 1 aromatic rings. The third-order valence-electron chi connectivity index (χ3n) is 3.89. The maximum absolute atomic E-state index is 9.97. The van der Waals surface area contributed by atoms with Crippen molar-refractivity contribution in [2.75, 3.05) is 6.61 Å². The Morgan fingerprint density at radius 3 is 2.84 bits per heavy atom. The SMILES string of the molecule is CCCC(O)c1cncc(OCC2CCCCC2)c1. The molecular formula is C16H25NO2. The maximum Gasteiger partial charge on any atom is 0.137 e. The number of hydrogen-bond donors (Lipinski definition) is 1. The molecule has 3 nitrogen and oxygen atoms in total. The van der Waals surface area contributed by atoms with Crippen LogP contribution in [-0.2, 0) is 0 Å². The maximum atomic E-state index is 9.97. The van der Waals surface area contributed by atoms with E-state index in [0.29, 0.717) is 5.92 Å². The van der Waals surface area contributed by atoms with Crippen LogP contribution in [0.2, 0.25) is 0 Å². The molecule has 1 unspecified atom stereocenters. The van der Waals surface area contributed by atoms with Gasteiger partial charge in [0, 0.05) is 11.8 Å². The van der Waals surface area contributed by atoms with Gasteiger partial charge in [-0.3, -0.25) is 4.98 Å². The minimum atomic E-state index is -0.421. The molecule has 0 aliphatic heterocycles. The number of aliphatic hydroxyl groups is 1. The second-order valence-corrected chi connectivity index (χ2v) is 5.57. The molecule has 1 fully saturated rings. The molecule has 1 atom stereocenters. The number of nitrogens with zero attached hydrogens (tertiary/aromatic N) is 1. The smallest absolute Gasteiger partial charge is 0.137 e. The highest BCUT2D eigenvalue weighted by molar-refractivity contribution is 5.25. The second kappa shape index (κ2) is 7.49. The fourth-order valence-electron chi connectivity index (χ4n) is 2.70. The monoisotopic (exact) mass is 263 g/mol. The third-order valence-corrected chi connectivity index (χ3v) is 3.89. The van der Waals surface area contributed by atoms with Crippen molar-refractivity contribution in [3.8, 4) is 5.75 Å². The summed E-state index contributed by atoms with van der Waals surface area (Å²) in [6.07, 6.45) is 11.4. The van der Waals surface area contributed by atoms with Gasteiger partial charge in [-0.25, -0.2) is 0 Å². The van der Waals surface area contributed by atoms with Crippen molar-refractivity contribution < 1.29 is 9.84 Å². The van der Waals surface area contributed by atoms with E-state index in [2.05, 4.69) is 11.9 Å². The summed E-state index contributed by atoms with van der Waals surface area (Å²) in [4.78, 5) is 4.17. The molecule has 106 valence electrons. The lowest BCUT2D eigenvalue weighted by Gasteiger charge is -2.21. The first-order valence-corrected chi connectivity index (χ1v) is 7.55. The Hall–Kier alpha value is -1.09. The zero-order valence-corrected chi connectivity index (χ0v) is 11.8. The first-order chi connectivity index (χ1) is 9.29. The van der Waals surface area contributed by atoms with Gasteiger partial charge in [-0.1, -0.05) is 32.6 Å². The molecule has 0 radical (unpaired) electrons. The molecule has 1 heterocycles. The molecule has 2 rings (SSSR count). The molecule has 0 aromatic carbocycles. The number of aliphatic hydroxyl groups excluding tert-OH is 1.